The van der Waals surface area contributed by atoms with E-state index in [0.29, 0.717) is 23.4 Å². The van der Waals surface area contributed by atoms with Gasteiger partial charge in [0.15, 0.2) is 5.11 Å². The van der Waals surface area contributed by atoms with Crippen LogP contribution in [0.3, 0.4) is 0 Å². The van der Waals surface area contributed by atoms with Gasteiger partial charge in [-0.1, -0.05) is 32.9 Å². The van der Waals surface area contributed by atoms with Crippen LogP contribution in [0, 0.1) is 0 Å². The van der Waals surface area contributed by atoms with Crippen LogP contribution in [0.4, 0.5) is 5.69 Å². The molecule has 0 aliphatic carbocycles. The molecule has 0 fully saturated rings. The van der Waals surface area contributed by atoms with Crippen molar-refractivity contribution in [2.45, 2.75) is 39.0 Å². The highest BCUT2D eigenvalue weighted by Gasteiger charge is 2.15. The Morgan fingerprint density at radius 1 is 0.875 bits per heavy atom. The molecule has 32 heavy (non-hydrogen) atoms. The van der Waals surface area contributed by atoms with Gasteiger partial charge in [0, 0.05) is 23.4 Å². The molecule has 6 nitrogen and oxygen atoms in total. The van der Waals surface area contributed by atoms with E-state index in [1.807, 2.05) is 26.2 Å². The predicted octanol–water partition coefficient (Wildman–Crippen LogP) is 4.18. The molecule has 2 rings (SSSR count). The predicted molar refractivity (Wildman–Crippen MR) is 135 cm³/mol. The summed E-state index contributed by atoms with van der Waals surface area (Å²) in [5.74, 6) is -0.371. The molecule has 0 saturated carbocycles. The number of benzene rings is 2. The molecule has 0 atom stereocenters. The van der Waals surface area contributed by atoms with Crippen LogP contribution in [0.25, 0.3) is 0 Å². The third kappa shape index (κ3) is 8.40. The van der Waals surface area contributed by atoms with Crippen molar-refractivity contribution in [2.24, 2.45) is 0 Å². The standard InChI is InChI=1S/C25H34N4O2S/c1-25(2,3)20-12-8-19(9-13-20)23(31)28-24(32)27-21-14-10-18(11-15-21)22(30)26-16-6-7-17-29(4)5/h8-15H,6-7,16-17H2,1-5H3,(H,26,30)(H2,27,28,31,32). The average molecular weight is 455 g/mol. The number of amides is 2. The largest absolute Gasteiger partial charge is 0.352 e. The van der Waals surface area contributed by atoms with Gasteiger partial charge in [-0.05, 0) is 93.1 Å². The normalized spacial score (nSPS) is 11.2. The van der Waals surface area contributed by atoms with E-state index in [-0.39, 0.29) is 22.3 Å². The van der Waals surface area contributed by atoms with Crippen LogP contribution < -0.4 is 16.0 Å². The minimum absolute atomic E-state index is 0.0288. The molecule has 0 unspecified atom stereocenters. The van der Waals surface area contributed by atoms with Gasteiger partial charge in [0.25, 0.3) is 11.8 Å². The van der Waals surface area contributed by atoms with E-state index in [1.54, 1.807) is 36.4 Å². The van der Waals surface area contributed by atoms with Gasteiger partial charge in [-0.2, -0.15) is 0 Å². The van der Waals surface area contributed by atoms with Gasteiger partial charge >= 0.3 is 0 Å². The summed E-state index contributed by atoms with van der Waals surface area (Å²) in [6.45, 7) is 8.04. The Morgan fingerprint density at radius 2 is 1.44 bits per heavy atom. The molecular weight excluding hydrogens is 420 g/mol. The van der Waals surface area contributed by atoms with E-state index < -0.39 is 0 Å². The number of carbonyl (C=O) groups is 2. The summed E-state index contributed by atoms with van der Waals surface area (Å²) in [7, 11) is 4.07. The summed E-state index contributed by atoms with van der Waals surface area (Å²) in [6, 6.07) is 14.5. The van der Waals surface area contributed by atoms with E-state index >= 15 is 0 Å². The average Bonchev–Trinajstić information content (AvgIpc) is 2.73. The lowest BCUT2D eigenvalue weighted by Gasteiger charge is -2.19. The zero-order valence-electron chi connectivity index (χ0n) is 19.6. The molecule has 2 aromatic carbocycles. The first-order valence-corrected chi connectivity index (χ1v) is 11.2. The van der Waals surface area contributed by atoms with Crippen molar-refractivity contribution in [3.8, 4) is 0 Å². The molecule has 2 amide bonds. The molecule has 0 radical (unpaired) electrons. The second-order valence-corrected chi connectivity index (χ2v) is 9.49. The van der Waals surface area contributed by atoms with Gasteiger partial charge < -0.3 is 15.5 Å². The number of thiocarbonyl (C=S) groups is 1. The Balaban J connectivity index is 1.82. The van der Waals surface area contributed by atoms with Crippen LogP contribution in [0.2, 0.25) is 0 Å². The fourth-order valence-electron chi connectivity index (χ4n) is 3.02. The zero-order valence-corrected chi connectivity index (χ0v) is 20.4. The first-order chi connectivity index (χ1) is 15.1. The summed E-state index contributed by atoms with van der Waals surface area (Å²) in [6.07, 6.45) is 1.98. The van der Waals surface area contributed by atoms with E-state index in [9.17, 15) is 9.59 Å². The van der Waals surface area contributed by atoms with Crippen LogP contribution in [0.15, 0.2) is 48.5 Å². The van der Waals surface area contributed by atoms with Crippen LogP contribution in [-0.2, 0) is 5.41 Å². The van der Waals surface area contributed by atoms with Crippen molar-refractivity contribution < 1.29 is 9.59 Å². The lowest BCUT2D eigenvalue weighted by atomic mass is 9.87. The number of rotatable bonds is 8. The fraction of sp³-hybridized carbons (Fsp3) is 0.400. The molecule has 0 saturated heterocycles. The van der Waals surface area contributed by atoms with Gasteiger partial charge in [0.1, 0.15) is 0 Å². The number of nitrogens with zero attached hydrogens (tertiary/aromatic N) is 1. The third-order valence-electron chi connectivity index (χ3n) is 4.96. The van der Waals surface area contributed by atoms with Crippen molar-refractivity contribution >= 4 is 34.8 Å². The maximum atomic E-state index is 12.4. The fourth-order valence-corrected chi connectivity index (χ4v) is 3.23. The molecular formula is C25H34N4O2S. The molecule has 2 aromatic rings. The van der Waals surface area contributed by atoms with E-state index in [2.05, 4.69) is 41.6 Å². The summed E-state index contributed by atoms with van der Waals surface area (Å²) in [5.41, 5.74) is 3.01. The summed E-state index contributed by atoms with van der Waals surface area (Å²) in [5, 5.41) is 8.80. The Kier molecular flexibility index (Phi) is 9.35. The highest BCUT2D eigenvalue weighted by atomic mass is 32.1. The smallest absolute Gasteiger partial charge is 0.257 e. The minimum Gasteiger partial charge on any atom is -0.352 e. The lowest BCUT2D eigenvalue weighted by Crippen LogP contribution is -2.34. The maximum absolute atomic E-state index is 12.4. The van der Waals surface area contributed by atoms with Gasteiger partial charge in [-0.3, -0.25) is 14.9 Å². The van der Waals surface area contributed by atoms with Crippen LogP contribution in [-0.4, -0.2) is 49.0 Å². The maximum Gasteiger partial charge on any atom is 0.257 e. The number of anilines is 1. The van der Waals surface area contributed by atoms with Crippen molar-refractivity contribution in [3.05, 3.63) is 65.2 Å². The second-order valence-electron chi connectivity index (χ2n) is 9.08. The Morgan fingerprint density at radius 3 is 2.00 bits per heavy atom. The number of hydrogen-bond donors (Lipinski definition) is 3. The van der Waals surface area contributed by atoms with Crippen molar-refractivity contribution in [3.63, 3.8) is 0 Å². The van der Waals surface area contributed by atoms with Crippen molar-refractivity contribution in [1.29, 1.82) is 0 Å². The van der Waals surface area contributed by atoms with E-state index in [4.69, 9.17) is 12.2 Å². The molecule has 0 aliphatic rings. The number of unbranched alkanes of at least 4 members (excludes halogenated alkanes) is 1. The van der Waals surface area contributed by atoms with Gasteiger partial charge in [0.2, 0.25) is 0 Å². The highest BCUT2D eigenvalue weighted by Crippen LogP contribution is 2.22. The van der Waals surface area contributed by atoms with Crippen molar-refractivity contribution in [2.75, 3.05) is 32.5 Å². The highest BCUT2D eigenvalue weighted by molar-refractivity contribution is 7.80. The first kappa shape index (κ1) is 25.5. The minimum atomic E-state index is -0.270. The first-order valence-electron chi connectivity index (χ1n) is 10.8. The molecule has 0 aromatic heterocycles. The molecule has 0 bridgehead atoms. The number of hydrogen-bond acceptors (Lipinski definition) is 4. The third-order valence-corrected chi connectivity index (χ3v) is 5.17. The second kappa shape index (κ2) is 11.7. The summed E-state index contributed by atoms with van der Waals surface area (Å²) in [4.78, 5) is 26.8. The van der Waals surface area contributed by atoms with Crippen LogP contribution in [0.5, 0.6) is 0 Å². The van der Waals surface area contributed by atoms with Crippen molar-refractivity contribution in [1.82, 2.24) is 15.5 Å². The van der Waals surface area contributed by atoms with E-state index in [0.717, 1.165) is 24.9 Å². The quantitative estimate of drug-likeness (QED) is 0.412. The number of nitrogens with one attached hydrogen (secondary N) is 3. The van der Waals surface area contributed by atoms with Gasteiger partial charge in [-0.15, -0.1) is 0 Å². The zero-order chi connectivity index (χ0) is 23.7. The summed E-state index contributed by atoms with van der Waals surface area (Å²) >= 11 is 5.26. The molecule has 7 heteroatoms. The van der Waals surface area contributed by atoms with Crippen LogP contribution >= 0.6 is 12.2 Å². The molecule has 3 N–H and O–H groups in total. The number of carbonyl (C=O) groups excluding carboxylic acids is 2. The van der Waals surface area contributed by atoms with Gasteiger partial charge in [0.05, 0.1) is 0 Å². The van der Waals surface area contributed by atoms with E-state index in [1.165, 1.54) is 0 Å². The molecule has 172 valence electrons. The van der Waals surface area contributed by atoms with Gasteiger partial charge in [-0.25, -0.2) is 0 Å². The molecule has 0 heterocycles. The topological polar surface area (TPSA) is 73.5 Å². The molecule has 0 aliphatic heterocycles. The Labute approximate surface area is 196 Å². The lowest BCUT2D eigenvalue weighted by molar-refractivity contribution is 0.0950. The Bertz CT molecular complexity index is 916. The Hall–Kier alpha value is -2.77. The summed E-state index contributed by atoms with van der Waals surface area (Å²) < 4.78 is 0. The monoisotopic (exact) mass is 454 g/mol. The van der Waals surface area contributed by atoms with Crippen LogP contribution in [0.1, 0.15) is 59.9 Å². The SMILES string of the molecule is CN(C)CCCCNC(=O)c1ccc(NC(=S)NC(=O)c2ccc(C(C)(C)C)cc2)cc1. The molecule has 0 spiro atoms.